The fourth-order valence-corrected chi connectivity index (χ4v) is 3.14. The van der Waals surface area contributed by atoms with Gasteiger partial charge in [0.2, 0.25) is 0 Å². The molecule has 0 aliphatic heterocycles. The molecule has 0 radical (unpaired) electrons. The number of aliphatic hydroxyl groups excluding tert-OH is 1. The first kappa shape index (κ1) is 19.0. The van der Waals surface area contributed by atoms with Crippen molar-refractivity contribution in [3.63, 3.8) is 0 Å². The maximum Gasteiger partial charge on any atom is 0.168 e. The Bertz CT molecular complexity index is 682. The van der Waals surface area contributed by atoms with Gasteiger partial charge in [0, 0.05) is 18.6 Å². The Hall–Kier alpha value is -2.30. The Balaban J connectivity index is 2.27. The van der Waals surface area contributed by atoms with Gasteiger partial charge >= 0.3 is 0 Å². The van der Waals surface area contributed by atoms with Gasteiger partial charge in [-0.25, -0.2) is 0 Å². The maximum atomic E-state index is 12.4. The highest BCUT2D eigenvalue weighted by atomic mass is 16.5. The van der Waals surface area contributed by atoms with Crippen LogP contribution in [0.25, 0.3) is 0 Å². The zero-order valence-corrected chi connectivity index (χ0v) is 15.4. The summed E-state index contributed by atoms with van der Waals surface area (Å²) in [6, 6.07) is 5.45. The van der Waals surface area contributed by atoms with E-state index in [9.17, 15) is 9.90 Å². The minimum Gasteiger partial charge on any atom is -0.511 e. The largest absolute Gasteiger partial charge is 0.511 e. The molecule has 0 aromatic heterocycles. The fourth-order valence-electron chi connectivity index (χ4n) is 3.14. The Morgan fingerprint density at radius 3 is 2.40 bits per heavy atom. The quantitative estimate of drug-likeness (QED) is 0.597. The number of hydrogen-bond acceptors (Lipinski definition) is 5. The summed E-state index contributed by atoms with van der Waals surface area (Å²) in [4.78, 5) is 12.4. The second kappa shape index (κ2) is 7.72. The van der Waals surface area contributed by atoms with E-state index < -0.39 is 0 Å². The van der Waals surface area contributed by atoms with E-state index >= 15 is 0 Å². The molecule has 25 heavy (non-hydrogen) atoms. The number of hydrogen-bond donors (Lipinski definition) is 2. The van der Waals surface area contributed by atoms with Crippen molar-refractivity contribution in [3.05, 3.63) is 35.1 Å². The Morgan fingerprint density at radius 1 is 1.16 bits per heavy atom. The van der Waals surface area contributed by atoms with Gasteiger partial charge in [-0.3, -0.25) is 4.79 Å². The van der Waals surface area contributed by atoms with Gasteiger partial charge in [0.25, 0.3) is 0 Å². The van der Waals surface area contributed by atoms with Crippen LogP contribution in [0.5, 0.6) is 11.5 Å². The van der Waals surface area contributed by atoms with Crippen molar-refractivity contribution in [3.8, 4) is 11.5 Å². The predicted molar refractivity (Wildman–Crippen MR) is 97.9 cm³/mol. The van der Waals surface area contributed by atoms with E-state index in [1.54, 1.807) is 6.07 Å². The van der Waals surface area contributed by atoms with Crippen molar-refractivity contribution in [2.24, 2.45) is 5.41 Å². The van der Waals surface area contributed by atoms with Gasteiger partial charge in [-0.05, 0) is 43.4 Å². The summed E-state index contributed by atoms with van der Waals surface area (Å²) < 4.78 is 11.1. The number of nitrogens with one attached hydrogen (secondary N) is 1. The van der Waals surface area contributed by atoms with Gasteiger partial charge in [0.1, 0.15) is 5.76 Å². The van der Waals surface area contributed by atoms with E-state index in [1.165, 1.54) is 0 Å². The molecule has 1 aliphatic carbocycles. The van der Waals surface area contributed by atoms with Crippen LogP contribution in [-0.4, -0.2) is 29.8 Å². The summed E-state index contributed by atoms with van der Waals surface area (Å²) in [5, 5.41) is 18.6. The molecule has 0 amide bonds. The second-order valence-corrected chi connectivity index (χ2v) is 7.07. The molecule has 136 valence electrons. The minimum absolute atomic E-state index is 0.0443. The molecule has 5 nitrogen and oxygen atoms in total. The lowest BCUT2D eigenvalue weighted by Gasteiger charge is -2.30. The molecule has 0 unspecified atom stereocenters. The number of allylic oxidation sites excluding steroid dienone is 2. The molecule has 2 rings (SSSR count). The van der Waals surface area contributed by atoms with Crippen LogP contribution in [0, 0.1) is 10.8 Å². The third-order valence-electron chi connectivity index (χ3n) is 4.14. The number of ketones is 1. The maximum absolute atomic E-state index is 12.4. The molecule has 5 heteroatoms. The zero-order valence-electron chi connectivity index (χ0n) is 15.4. The third kappa shape index (κ3) is 4.62. The molecular formula is C20H27NO4. The number of benzene rings is 1. The van der Waals surface area contributed by atoms with Crippen molar-refractivity contribution in [1.29, 1.82) is 5.41 Å². The molecule has 0 bridgehead atoms. The van der Waals surface area contributed by atoms with Gasteiger partial charge in [-0.15, -0.1) is 0 Å². The van der Waals surface area contributed by atoms with E-state index in [2.05, 4.69) is 0 Å². The molecule has 0 heterocycles. The Kier molecular flexibility index (Phi) is 5.88. The van der Waals surface area contributed by atoms with Crippen molar-refractivity contribution in [1.82, 2.24) is 0 Å². The molecule has 1 fully saturated rings. The Labute approximate surface area is 149 Å². The first-order chi connectivity index (χ1) is 11.8. The standard InChI is InChI=1S/C20H27NO4/c1-5-24-17-8-7-13(10-18(17)25-6-2)9-15(22)19-14(21)11-20(3,4)12-16(19)23/h7-8,10,21-22H,5-6,9,11-12H2,1-4H3/b19-15+,21-14?. The van der Waals surface area contributed by atoms with Crippen molar-refractivity contribution in [2.75, 3.05) is 13.2 Å². The van der Waals surface area contributed by atoms with Crippen LogP contribution in [0.2, 0.25) is 0 Å². The molecule has 0 spiro atoms. The average Bonchev–Trinajstić information content (AvgIpc) is 2.48. The summed E-state index contributed by atoms with van der Waals surface area (Å²) >= 11 is 0. The molecule has 1 aromatic carbocycles. The lowest BCUT2D eigenvalue weighted by Crippen LogP contribution is -2.32. The van der Waals surface area contributed by atoms with Crippen LogP contribution in [0.4, 0.5) is 0 Å². The summed E-state index contributed by atoms with van der Waals surface area (Å²) in [7, 11) is 0. The smallest absolute Gasteiger partial charge is 0.168 e. The fraction of sp³-hybridized carbons (Fsp3) is 0.500. The van der Waals surface area contributed by atoms with Crippen LogP contribution in [-0.2, 0) is 11.2 Å². The van der Waals surface area contributed by atoms with Gasteiger partial charge in [0.05, 0.1) is 18.8 Å². The van der Waals surface area contributed by atoms with Crippen molar-refractivity contribution >= 4 is 11.5 Å². The highest BCUT2D eigenvalue weighted by Crippen LogP contribution is 2.35. The molecule has 1 saturated carbocycles. The summed E-state index contributed by atoms with van der Waals surface area (Å²) in [6.45, 7) is 8.78. The van der Waals surface area contributed by atoms with E-state index in [-0.39, 0.29) is 34.7 Å². The third-order valence-corrected chi connectivity index (χ3v) is 4.14. The van der Waals surface area contributed by atoms with Crippen LogP contribution in [0.1, 0.15) is 46.1 Å². The van der Waals surface area contributed by atoms with Crippen LogP contribution in [0.3, 0.4) is 0 Å². The second-order valence-electron chi connectivity index (χ2n) is 7.07. The summed E-state index contributed by atoms with van der Waals surface area (Å²) in [5.41, 5.74) is 0.974. The van der Waals surface area contributed by atoms with Crippen molar-refractivity contribution < 1.29 is 19.4 Å². The van der Waals surface area contributed by atoms with Crippen LogP contribution < -0.4 is 9.47 Å². The lowest BCUT2D eigenvalue weighted by atomic mass is 9.73. The minimum atomic E-state index is -0.223. The number of ether oxygens (including phenoxy) is 2. The molecule has 1 aromatic rings. The number of rotatable bonds is 6. The summed E-state index contributed by atoms with van der Waals surface area (Å²) in [5.74, 6) is 1.07. The van der Waals surface area contributed by atoms with Crippen LogP contribution in [0.15, 0.2) is 29.5 Å². The molecule has 0 saturated heterocycles. The van der Waals surface area contributed by atoms with E-state index in [0.717, 1.165) is 5.56 Å². The summed E-state index contributed by atoms with van der Waals surface area (Å²) in [6.07, 6.45) is 1.03. The monoisotopic (exact) mass is 345 g/mol. The number of Topliss-reactive ketones (excluding diaryl/α,β-unsaturated/α-hetero) is 1. The topological polar surface area (TPSA) is 79.6 Å². The van der Waals surface area contributed by atoms with E-state index in [0.29, 0.717) is 37.6 Å². The zero-order chi connectivity index (χ0) is 18.6. The normalized spacial score (nSPS) is 18.9. The van der Waals surface area contributed by atoms with E-state index in [4.69, 9.17) is 14.9 Å². The molecule has 2 N–H and O–H groups in total. The predicted octanol–water partition coefficient (Wildman–Crippen LogP) is 4.25. The number of aliphatic hydroxyl groups is 1. The van der Waals surface area contributed by atoms with Crippen molar-refractivity contribution in [2.45, 2.75) is 47.0 Å². The molecule has 1 aliphatic rings. The highest BCUT2D eigenvalue weighted by molar-refractivity contribution is 6.23. The lowest BCUT2D eigenvalue weighted by molar-refractivity contribution is -0.117. The van der Waals surface area contributed by atoms with Gasteiger partial charge in [-0.1, -0.05) is 19.9 Å². The van der Waals surface area contributed by atoms with Gasteiger partial charge in [-0.2, -0.15) is 0 Å². The first-order valence-corrected chi connectivity index (χ1v) is 8.69. The van der Waals surface area contributed by atoms with Crippen LogP contribution >= 0.6 is 0 Å². The molecule has 0 atom stereocenters. The first-order valence-electron chi connectivity index (χ1n) is 8.69. The van der Waals surface area contributed by atoms with Gasteiger partial charge in [0.15, 0.2) is 17.3 Å². The SMILES string of the molecule is CCOc1ccc(C/C(O)=C2/C(=N)CC(C)(C)CC2=O)cc1OCC. The van der Waals surface area contributed by atoms with Gasteiger partial charge < -0.3 is 20.0 Å². The molecular weight excluding hydrogens is 318 g/mol. The Morgan fingerprint density at radius 2 is 1.80 bits per heavy atom. The number of carbonyl (C=O) groups excluding carboxylic acids is 1. The van der Waals surface area contributed by atoms with E-state index in [1.807, 2.05) is 39.8 Å². The highest BCUT2D eigenvalue weighted by Gasteiger charge is 2.35. The number of carbonyl (C=O) groups is 1. The average molecular weight is 345 g/mol.